The van der Waals surface area contributed by atoms with Gasteiger partial charge in [0.25, 0.3) is 0 Å². The first kappa shape index (κ1) is 26.0. The second-order valence-electron chi connectivity index (χ2n) is 7.16. The molecule has 0 fully saturated rings. The number of aliphatic hydroxyl groups is 1. The van der Waals surface area contributed by atoms with E-state index in [4.69, 9.17) is 4.74 Å². The maximum Gasteiger partial charge on any atom is 0.461 e. The van der Waals surface area contributed by atoms with Gasteiger partial charge in [-0.05, 0) is 29.8 Å². The number of hydrogen-bond donors (Lipinski definition) is 1. The summed E-state index contributed by atoms with van der Waals surface area (Å²) >= 11 is 0. The zero-order valence-corrected chi connectivity index (χ0v) is 17.7. The lowest BCUT2D eigenvalue weighted by atomic mass is 10.2. The Kier molecular flexibility index (Phi) is 7.99. The Morgan fingerprint density at radius 3 is 2.26 bits per heavy atom. The van der Waals surface area contributed by atoms with Gasteiger partial charge in [-0.25, -0.2) is 4.98 Å². The Labute approximate surface area is 194 Å². The first-order valence-corrected chi connectivity index (χ1v) is 9.93. The monoisotopic (exact) mass is 505 g/mol. The van der Waals surface area contributed by atoms with Gasteiger partial charge in [0.1, 0.15) is 11.5 Å². The minimum absolute atomic E-state index is 0.0126. The molecule has 188 valence electrons. The van der Waals surface area contributed by atoms with Crippen LogP contribution < -0.4 is 14.4 Å². The number of rotatable bonds is 10. The Hall–Kier alpha value is -3.61. The van der Waals surface area contributed by atoms with Gasteiger partial charge in [-0.3, -0.25) is 0 Å². The highest BCUT2D eigenvalue weighted by molar-refractivity contribution is 5.38. The molecule has 2 aromatic carbocycles. The fraction of sp³-hybridized carbons (Fsp3) is 0.273. The van der Waals surface area contributed by atoms with E-state index in [0.717, 1.165) is 17.0 Å². The van der Waals surface area contributed by atoms with Crippen molar-refractivity contribution in [2.45, 2.75) is 31.4 Å². The van der Waals surface area contributed by atoms with Gasteiger partial charge in [-0.15, -0.1) is 0 Å². The normalized spacial score (nSPS) is 12.9. The molecule has 1 aromatic heterocycles. The maximum absolute atomic E-state index is 13.2. The summed E-state index contributed by atoms with van der Waals surface area (Å²) in [6.45, 7) is -1.43. The van der Waals surface area contributed by atoms with E-state index >= 15 is 0 Å². The van der Waals surface area contributed by atoms with Crippen LogP contribution in [0.3, 0.4) is 0 Å². The number of alkyl halides is 7. The highest BCUT2D eigenvalue weighted by Gasteiger charge is 2.44. The van der Waals surface area contributed by atoms with Crippen LogP contribution in [-0.4, -0.2) is 46.4 Å². The van der Waals surface area contributed by atoms with Crippen LogP contribution in [0.4, 0.5) is 36.7 Å². The topological polar surface area (TPSA) is 67.7 Å². The number of aliphatic hydroxyl groups excluding tert-OH is 1. The fourth-order valence-corrected chi connectivity index (χ4v) is 2.81. The molecule has 1 N–H and O–H groups in total. The first-order chi connectivity index (χ1) is 16.4. The summed E-state index contributed by atoms with van der Waals surface area (Å²) < 4.78 is 100. The number of nitrogens with zero attached hydrogens (tertiary/aromatic N) is 3. The average Bonchev–Trinajstić information content (AvgIpc) is 2.79. The molecule has 0 aliphatic rings. The van der Waals surface area contributed by atoms with Gasteiger partial charge in [0.05, 0.1) is 6.54 Å². The van der Waals surface area contributed by atoms with E-state index in [0.29, 0.717) is 5.75 Å². The number of ether oxygens (including phenoxy) is 2. The SMILES string of the molecule is OC(CN(Cc1cccc(OC(F)(F)C(F)F)c1)c1nccc(Oc2ccccc2)n1)C(F)(F)F. The fourth-order valence-electron chi connectivity index (χ4n) is 2.81. The third-order valence-electron chi connectivity index (χ3n) is 4.42. The van der Waals surface area contributed by atoms with E-state index < -0.39 is 43.7 Å². The molecule has 0 saturated carbocycles. The van der Waals surface area contributed by atoms with Crippen LogP contribution in [0.2, 0.25) is 0 Å². The number of halogens is 7. The molecular weight excluding hydrogens is 487 g/mol. The highest BCUT2D eigenvalue weighted by atomic mass is 19.4. The van der Waals surface area contributed by atoms with Crippen molar-refractivity contribution < 1.29 is 45.3 Å². The molecule has 0 aliphatic heterocycles. The number of hydrogen-bond acceptors (Lipinski definition) is 6. The molecule has 3 rings (SSSR count). The van der Waals surface area contributed by atoms with Crippen molar-refractivity contribution in [3.05, 3.63) is 72.4 Å². The molecule has 6 nitrogen and oxygen atoms in total. The van der Waals surface area contributed by atoms with Crippen molar-refractivity contribution in [1.82, 2.24) is 9.97 Å². The predicted octanol–water partition coefficient (Wildman–Crippen LogP) is 5.44. The molecule has 0 bridgehead atoms. The van der Waals surface area contributed by atoms with Crippen molar-refractivity contribution in [2.75, 3.05) is 11.4 Å². The number of aromatic nitrogens is 2. The Morgan fingerprint density at radius 1 is 0.914 bits per heavy atom. The predicted molar refractivity (Wildman–Crippen MR) is 110 cm³/mol. The van der Waals surface area contributed by atoms with Gasteiger partial charge in [-0.2, -0.15) is 35.7 Å². The standard InChI is InChI=1S/C22H18F7N3O3/c23-19(24)22(28,29)35-16-8-4-5-14(11-16)12-32(13-17(33)21(25,26)27)20-30-10-9-18(31-20)34-15-6-2-1-3-7-15/h1-11,17,19,33H,12-13H2. The van der Waals surface area contributed by atoms with Crippen LogP contribution in [0, 0.1) is 0 Å². The van der Waals surface area contributed by atoms with Crippen LogP contribution >= 0.6 is 0 Å². The summed E-state index contributed by atoms with van der Waals surface area (Å²) in [5.74, 6) is -0.526. The van der Waals surface area contributed by atoms with Gasteiger partial charge in [-0.1, -0.05) is 30.3 Å². The number of para-hydroxylation sites is 1. The molecule has 1 heterocycles. The van der Waals surface area contributed by atoms with E-state index in [2.05, 4.69) is 14.7 Å². The Balaban J connectivity index is 1.87. The van der Waals surface area contributed by atoms with Crippen LogP contribution in [0.5, 0.6) is 17.4 Å². The molecular formula is C22H18F7N3O3. The van der Waals surface area contributed by atoms with Crippen molar-refractivity contribution in [3.63, 3.8) is 0 Å². The summed E-state index contributed by atoms with van der Waals surface area (Å²) in [4.78, 5) is 8.92. The summed E-state index contributed by atoms with van der Waals surface area (Å²) in [7, 11) is 0. The van der Waals surface area contributed by atoms with Gasteiger partial charge >= 0.3 is 18.7 Å². The lowest BCUT2D eigenvalue weighted by Gasteiger charge is -2.27. The van der Waals surface area contributed by atoms with Crippen LogP contribution in [-0.2, 0) is 6.54 Å². The summed E-state index contributed by atoms with van der Waals surface area (Å²) in [5.41, 5.74) is 0.0971. The molecule has 0 aliphatic carbocycles. The van der Waals surface area contributed by atoms with Gasteiger partial charge < -0.3 is 19.5 Å². The molecule has 3 aromatic rings. The van der Waals surface area contributed by atoms with Crippen LogP contribution in [0.1, 0.15) is 5.56 Å². The molecule has 1 atom stereocenters. The van der Waals surface area contributed by atoms with Gasteiger partial charge in [0.15, 0.2) is 6.10 Å². The van der Waals surface area contributed by atoms with Gasteiger partial charge in [0, 0.05) is 18.8 Å². The second-order valence-corrected chi connectivity index (χ2v) is 7.16. The van der Waals surface area contributed by atoms with Gasteiger partial charge in [0.2, 0.25) is 11.8 Å². The third-order valence-corrected chi connectivity index (χ3v) is 4.42. The largest absolute Gasteiger partial charge is 0.461 e. The van der Waals surface area contributed by atoms with E-state index in [-0.39, 0.29) is 17.4 Å². The quantitative estimate of drug-likeness (QED) is 0.371. The second kappa shape index (κ2) is 10.8. The molecule has 0 radical (unpaired) electrons. The maximum atomic E-state index is 13.2. The summed E-state index contributed by atoms with van der Waals surface area (Å²) in [5, 5.41) is 9.61. The number of anilines is 1. The molecule has 0 amide bonds. The Morgan fingerprint density at radius 2 is 1.60 bits per heavy atom. The van der Waals surface area contributed by atoms with Crippen molar-refractivity contribution in [2.24, 2.45) is 0 Å². The number of benzene rings is 2. The molecule has 1 unspecified atom stereocenters. The van der Waals surface area contributed by atoms with E-state index in [1.165, 1.54) is 24.4 Å². The van der Waals surface area contributed by atoms with Crippen molar-refractivity contribution in [1.29, 1.82) is 0 Å². The molecule has 35 heavy (non-hydrogen) atoms. The van der Waals surface area contributed by atoms with Crippen molar-refractivity contribution >= 4 is 5.95 Å². The van der Waals surface area contributed by atoms with E-state index in [1.807, 2.05) is 0 Å². The highest BCUT2D eigenvalue weighted by Crippen LogP contribution is 2.29. The van der Waals surface area contributed by atoms with Crippen LogP contribution in [0.15, 0.2) is 66.9 Å². The Bertz CT molecular complexity index is 1100. The zero-order chi connectivity index (χ0) is 25.6. The smallest absolute Gasteiger partial charge is 0.439 e. The summed E-state index contributed by atoms with van der Waals surface area (Å²) in [6, 6.07) is 14.2. The lowest BCUT2D eigenvalue weighted by Crippen LogP contribution is -2.41. The first-order valence-electron chi connectivity index (χ1n) is 9.93. The van der Waals surface area contributed by atoms with E-state index in [9.17, 15) is 35.8 Å². The molecule has 0 spiro atoms. The lowest BCUT2D eigenvalue weighted by molar-refractivity contribution is -0.253. The average molecular weight is 505 g/mol. The molecule has 0 saturated heterocycles. The minimum Gasteiger partial charge on any atom is -0.439 e. The zero-order valence-electron chi connectivity index (χ0n) is 17.7. The van der Waals surface area contributed by atoms with Crippen LogP contribution in [0.25, 0.3) is 0 Å². The van der Waals surface area contributed by atoms with E-state index in [1.54, 1.807) is 30.3 Å². The molecule has 13 heteroatoms. The summed E-state index contributed by atoms with van der Waals surface area (Å²) in [6.07, 6.45) is -15.4. The third kappa shape index (κ3) is 7.44. The minimum atomic E-state index is -4.97. The van der Waals surface area contributed by atoms with Crippen molar-refractivity contribution in [3.8, 4) is 17.4 Å².